The van der Waals surface area contributed by atoms with E-state index in [1.807, 2.05) is 25.1 Å². The number of piperidine rings is 1. The Morgan fingerprint density at radius 1 is 1.17 bits per heavy atom. The average Bonchev–Trinajstić information content (AvgIpc) is 2.54. The molecule has 1 N–H and O–H groups in total. The molecule has 1 aliphatic rings. The van der Waals surface area contributed by atoms with Gasteiger partial charge in [-0.2, -0.15) is 0 Å². The lowest BCUT2D eigenvalue weighted by molar-refractivity contribution is -0.124. The van der Waals surface area contributed by atoms with E-state index < -0.39 is 0 Å². The third-order valence-electron chi connectivity index (χ3n) is 4.73. The molecular formula is C20H32N2O. The van der Waals surface area contributed by atoms with Crippen LogP contribution in [0, 0.1) is 17.8 Å². The maximum Gasteiger partial charge on any atom is 0.223 e. The molecule has 3 heteroatoms. The van der Waals surface area contributed by atoms with Crippen LogP contribution in [-0.2, 0) is 11.2 Å². The molecule has 1 heterocycles. The fourth-order valence-electron chi connectivity index (χ4n) is 3.37. The van der Waals surface area contributed by atoms with E-state index in [0.717, 1.165) is 18.9 Å². The first-order chi connectivity index (χ1) is 11.0. The van der Waals surface area contributed by atoms with Crippen molar-refractivity contribution in [3.8, 4) is 0 Å². The number of hydrogen-bond acceptors (Lipinski definition) is 2. The van der Waals surface area contributed by atoms with Gasteiger partial charge in [0, 0.05) is 19.0 Å². The van der Waals surface area contributed by atoms with Gasteiger partial charge in [-0.1, -0.05) is 51.1 Å². The quantitative estimate of drug-likeness (QED) is 0.836. The summed E-state index contributed by atoms with van der Waals surface area (Å²) < 4.78 is 0. The molecule has 1 aromatic carbocycles. The second kappa shape index (κ2) is 9.07. The summed E-state index contributed by atoms with van der Waals surface area (Å²) >= 11 is 0. The van der Waals surface area contributed by atoms with Gasteiger partial charge in [0.15, 0.2) is 0 Å². The number of nitrogens with one attached hydrogen (secondary N) is 1. The van der Waals surface area contributed by atoms with Crippen LogP contribution in [0.25, 0.3) is 0 Å². The SMILES string of the molecule is CC(C)CN1CCC(CNC(=O)C(C)Cc2ccccc2)CC1. The third kappa shape index (κ3) is 6.34. The Kier molecular flexibility index (Phi) is 7.10. The second-order valence-corrected chi connectivity index (χ2v) is 7.47. The van der Waals surface area contributed by atoms with Gasteiger partial charge in [0.25, 0.3) is 0 Å². The Morgan fingerprint density at radius 3 is 2.43 bits per heavy atom. The van der Waals surface area contributed by atoms with Crippen molar-refractivity contribution in [3.05, 3.63) is 35.9 Å². The van der Waals surface area contributed by atoms with Crippen LogP contribution >= 0.6 is 0 Å². The number of hydrogen-bond donors (Lipinski definition) is 1. The molecule has 1 unspecified atom stereocenters. The van der Waals surface area contributed by atoms with Gasteiger partial charge in [-0.15, -0.1) is 0 Å². The predicted octanol–water partition coefficient (Wildman–Crippen LogP) is 3.35. The number of carbonyl (C=O) groups is 1. The molecule has 0 saturated carbocycles. The summed E-state index contributed by atoms with van der Waals surface area (Å²) in [5.41, 5.74) is 1.23. The molecule has 0 aromatic heterocycles. The number of likely N-dealkylation sites (tertiary alicyclic amines) is 1. The molecule has 3 nitrogen and oxygen atoms in total. The molecule has 0 aliphatic carbocycles. The Morgan fingerprint density at radius 2 is 1.83 bits per heavy atom. The molecule has 23 heavy (non-hydrogen) atoms. The Labute approximate surface area is 141 Å². The molecule has 2 rings (SSSR count). The van der Waals surface area contributed by atoms with Crippen LogP contribution in [0.15, 0.2) is 30.3 Å². The predicted molar refractivity (Wildman–Crippen MR) is 96.3 cm³/mol. The minimum absolute atomic E-state index is 0.0402. The van der Waals surface area contributed by atoms with E-state index in [1.165, 1.54) is 38.0 Å². The first kappa shape index (κ1) is 18.0. The first-order valence-electron chi connectivity index (χ1n) is 9.08. The summed E-state index contributed by atoms with van der Waals surface area (Å²) in [5.74, 6) is 1.62. The van der Waals surface area contributed by atoms with Crippen molar-refractivity contribution < 1.29 is 4.79 Å². The van der Waals surface area contributed by atoms with Crippen molar-refractivity contribution in [1.29, 1.82) is 0 Å². The number of rotatable bonds is 7. The monoisotopic (exact) mass is 316 g/mol. The average molecular weight is 316 g/mol. The van der Waals surface area contributed by atoms with Crippen LogP contribution in [0.3, 0.4) is 0 Å². The Hall–Kier alpha value is -1.35. The maximum absolute atomic E-state index is 12.3. The van der Waals surface area contributed by atoms with E-state index in [9.17, 15) is 4.79 Å². The van der Waals surface area contributed by atoms with Crippen LogP contribution in [-0.4, -0.2) is 37.0 Å². The molecule has 1 aromatic rings. The normalized spacial score (nSPS) is 18.1. The fourth-order valence-corrected chi connectivity index (χ4v) is 3.37. The molecule has 0 bridgehead atoms. The zero-order valence-corrected chi connectivity index (χ0v) is 14.9. The van der Waals surface area contributed by atoms with Gasteiger partial charge in [-0.05, 0) is 49.8 Å². The van der Waals surface area contributed by atoms with Crippen LogP contribution in [0.2, 0.25) is 0 Å². The van der Waals surface area contributed by atoms with Gasteiger partial charge >= 0.3 is 0 Å². The number of benzene rings is 1. The summed E-state index contributed by atoms with van der Waals surface area (Å²) in [5, 5.41) is 3.17. The lowest BCUT2D eigenvalue weighted by Crippen LogP contribution is -2.41. The standard InChI is InChI=1S/C20H32N2O/c1-16(2)15-22-11-9-19(10-12-22)14-21-20(23)17(3)13-18-7-5-4-6-8-18/h4-8,16-17,19H,9-15H2,1-3H3,(H,21,23). The number of nitrogens with zero attached hydrogens (tertiary/aromatic N) is 1. The highest BCUT2D eigenvalue weighted by atomic mass is 16.1. The molecule has 0 radical (unpaired) electrons. The van der Waals surface area contributed by atoms with E-state index in [0.29, 0.717) is 5.92 Å². The lowest BCUT2D eigenvalue weighted by Gasteiger charge is -2.33. The number of carbonyl (C=O) groups excluding carboxylic acids is 1. The van der Waals surface area contributed by atoms with Crippen molar-refractivity contribution in [2.24, 2.45) is 17.8 Å². The van der Waals surface area contributed by atoms with Crippen molar-refractivity contribution in [2.45, 2.75) is 40.0 Å². The molecule has 1 saturated heterocycles. The lowest BCUT2D eigenvalue weighted by atomic mass is 9.95. The van der Waals surface area contributed by atoms with Gasteiger partial charge in [-0.25, -0.2) is 0 Å². The molecule has 1 fully saturated rings. The molecule has 0 spiro atoms. The summed E-state index contributed by atoms with van der Waals surface area (Å²) in [4.78, 5) is 14.8. The zero-order chi connectivity index (χ0) is 16.7. The van der Waals surface area contributed by atoms with E-state index in [4.69, 9.17) is 0 Å². The largest absolute Gasteiger partial charge is 0.356 e. The van der Waals surface area contributed by atoms with Gasteiger partial charge in [-0.3, -0.25) is 4.79 Å². The minimum Gasteiger partial charge on any atom is -0.356 e. The maximum atomic E-state index is 12.3. The smallest absolute Gasteiger partial charge is 0.223 e. The fraction of sp³-hybridized carbons (Fsp3) is 0.650. The Balaban J connectivity index is 1.67. The molecule has 1 amide bonds. The van der Waals surface area contributed by atoms with Crippen LogP contribution in [0.4, 0.5) is 0 Å². The van der Waals surface area contributed by atoms with Crippen molar-refractivity contribution in [2.75, 3.05) is 26.2 Å². The van der Waals surface area contributed by atoms with Crippen LogP contribution in [0.1, 0.15) is 39.2 Å². The molecule has 128 valence electrons. The summed E-state index contributed by atoms with van der Waals surface area (Å²) in [6.45, 7) is 11.0. The minimum atomic E-state index is 0.0402. The van der Waals surface area contributed by atoms with Crippen LogP contribution in [0.5, 0.6) is 0 Å². The number of amides is 1. The van der Waals surface area contributed by atoms with Gasteiger partial charge in [0.1, 0.15) is 0 Å². The van der Waals surface area contributed by atoms with E-state index >= 15 is 0 Å². The van der Waals surface area contributed by atoms with Gasteiger partial charge in [0.2, 0.25) is 5.91 Å². The molecular weight excluding hydrogens is 284 g/mol. The highest BCUT2D eigenvalue weighted by Crippen LogP contribution is 2.17. The summed E-state index contributed by atoms with van der Waals surface area (Å²) in [7, 11) is 0. The first-order valence-corrected chi connectivity index (χ1v) is 9.08. The van der Waals surface area contributed by atoms with Crippen molar-refractivity contribution >= 4 is 5.91 Å². The topological polar surface area (TPSA) is 32.3 Å². The highest BCUT2D eigenvalue weighted by molar-refractivity contribution is 5.78. The third-order valence-corrected chi connectivity index (χ3v) is 4.73. The summed E-state index contributed by atoms with van der Waals surface area (Å²) in [6.07, 6.45) is 3.24. The van der Waals surface area contributed by atoms with E-state index in [2.05, 4.69) is 36.2 Å². The zero-order valence-electron chi connectivity index (χ0n) is 14.9. The van der Waals surface area contributed by atoms with Crippen molar-refractivity contribution in [3.63, 3.8) is 0 Å². The van der Waals surface area contributed by atoms with E-state index in [-0.39, 0.29) is 11.8 Å². The summed E-state index contributed by atoms with van der Waals surface area (Å²) in [6, 6.07) is 10.3. The molecule has 1 atom stereocenters. The molecule has 1 aliphatic heterocycles. The van der Waals surface area contributed by atoms with E-state index in [1.54, 1.807) is 0 Å². The van der Waals surface area contributed by atoms with Crippen LogP contribution < -0.4 is 5.32 Å². The van der Waals surface area contributed by atoms with Gasteiger partial charge in [0.05, 0.1) is 0 Å². The van der Waals surface area contributed by atoms with Crippen molar-refractivity contribution in [1.82, 2.24) is 10.2 Å². The Bertz CT molecular complexity index is 464. The highest BCUT2D eigenvalue weighted by Gasteiger charge is 2.21. The second-order valence-electron chi connectivity index (χ2n) is 7.47. The van der Waals surface area contributed by atoms with Gasteiger partial charge < -0.3 is 10.2 Å².